The van der Waals surface area contributed by atoms with Gasteiger partial charge >= 0.3 is 0 Å². The Labute approximate surface area is 131 Å². The van der Waals surface area contributed by atoms with Gasteiger partial charge in [-0.15, -0.1) is 0 Å². The number of hydrogen-bond acceptors (Lipinski definition) is 5. The minimum Gasteiger partial charge on any atom is -0.349 e. The maximum atomic E-state index is 12.3. The molecular formula is C16H12N4O3. The molecule has 1 aliphatic heterocycles. The van der Waals surface area contributed by atoms with Crippen LogP contribution in [-0.2, 0) is 0 Å². The standard InChI is InChI=1S/C16H12N4O3/c21-14(19-10-3-4-10)9-1-5-11(6-2-9)20-15(22)12-13(16(20)23)18-8-7-17-12/h1-2,5-8,10H,3-4H2,(H,19,21). The third kappa shape index (κ3) is 2.26. The van der Waals surface area contributed by atoms with E-state index >= 15 is 0 Å². The monoisotopic (exact) mass is 308 g/mol. The molecule has 1 aromatic heterocycles. The summed E-state index contributed by atoms with van der Waals surface area (Å²) in [5.41, 5.74) is 0.984. The minimum atomic E-state index is -0.506. The highest BCUT2D eigenvalue weighted by Gasteiger charge is 2.39. The number of imide groups is 1. The van der Waals surface area contributed by atoms with Gasteiger partial charge in [-0.1, -0.05) is 0 Å². The van der Waals surface area contributed by atoms with E-state index in [1.807, 2.05) is 0 Å². The van der Waals surface area contributed by atoms with Crippen LogP contribution >= 0.6 is 0 Å². The van der Waals surface area contributed by atoms with Crippen LogP contribution in [0.1, 0.15) is 44.2 Å². The third-order valence-electron chi connectivity index (χ3n) is 3.81. The quantitative estimate of drug-likeness (QED) is 0.859. The second-order valence-corrected chi connectivity index (χ2v) is 5.49. The van der Waals surface area contributed by atoms with E-state index < -0.39 is 11.8 Å². The molecular weight excluding hydrogens is 296 g/mol. The second kappa shape index (κ2) is 4.98. The molecule has 0 bridgehead atoms. The summed E-state index contributed by atoms with van der Waals surface area (Å²) in [6.07, 6.45) is 4.77. The van der Waals surface area contributed by atoms with Crippen LogP contribution in [0.5, 0.6) is 0 Å². The lowest BCUT2D eigenvalue weighted by atomic mass is 10.2. The molecule has 2 aliphatic rings. The van der Waals surface area contributed by atoms with Crippen LogP contribution in [0.25, 0.3) is 0 Å². The van der Waals surface area contributed by atoms with Crippen molar-refractivity contribution in [3.8, 4) is 0 Å². The molecule has 1 saturated carbocycles. The number of benzene rings is 1. The predicted molar refractivity (Wildman–Crippen MR) is 80.1 cm³/mol. The molecule has 0 radical (unpaired) electrons. The first kappa shape index (κ1) is 13.6. The smallest absolute Gasteiger partial charge is 0.286 e. The van der Waals surface area contributed by atoms with Gasteiger partial charge in [-0.3, -0.25) is 14.4 Å². The Kier molecular flexibility index (Phi) is 2.94. The molecule has 114 valence electrons. The Balaban J connectivity index is 1.60. The zero-order valence-corrected chi connectivity index (χ0v) is 12.0. The summed E-state index contributed by atoms with van der Waals surface area (Å²) in [6, 6.07) is 6.61. The minimum absolute atomic E-state index is 0.0491. The molecule has 1 aromatic carbocycles. The van der Waals surface area contributed by atoms with Crippen LogP contribution in [0, 0.1) is 0 Å². The number of amides is 3. The van der Waals surface area contributed by atoms with Crippen molar-refractivity contribution < 1.29 is 14.4 Å². The molecule has 4 rings (SSSR count). The van der Waals surface area contributed by atoms with Gasteiger partial charge in [0.1, 0.15) is 0 Å². The molecule has 0 atom stereocenters. The predicted octanol–water partition coefficient (Wildman–Crippen LogP) is 1.17. The summed E-state index contributed by atoms with van der Waals surface area (Å²) >= 11 is 0. The number of rotatable bonds is 3. The number of nitrogens with zero attached hydrogens (tertiary/aromatic N) is 3. The van der Waals surface area contributed by atoms with E-state index in [0.717, 1.165) is 17.7 Å². The molecule has 0 saturated heterocycles. The van der Waals surface area contributed by atoms with Crippen LogP contribution in [0.3, 0.4) is 0 Å². The van der Waals surface area contributed by atoms with Gasteiger partial charge in [-0.2, -0.15) is 0 Å². The highest BCUT2D eigenvalue weighted by molar-refractivity contribution is 6.33. The SMILES string of the molecule is O=C(NC1CC1)c1ccc(N2C(=O)c3nccnc3C2=O)cc1. The molecule has 0 unspecified atom stereocenters. The van der Waals surface area contributed by atoms with E-state index in [1.54, 1.807) is 24.3 Å². The van der Waals surface area contributed by atoms with Gasteiger partial charge in [0.05, 0.1) is 5.69 Å². The van der Waals surface area contributed by atoms with Crippen LogP contribution in [-0.4, -0.2) is 33.7 Å². The lowest BCUT2D eigenvalue weighted by molar-refractivity contribution is 0.0920. The Morgan fingerprint density at radius 1 is 1.00 bits per heavy atom. The van der Waals surface area contributed by atoms with Gasteiger partial charge in [0.2, 0.25) is 0 Å². The van der Waals surface area contributed by atoms with Crippen molar-refractivity contribution in [2.24, 2.45) is 0 Å². The van der Waals surface area contributed by atoms with Crippen molar-refractivity contribution >= 4 is 23.4 Å². The van der Waals surface area contributed by atoms with Crippen molar-refractivity contribution in [2.75, 3.05) is 4.90 Å². The average molecular weight is 308 g/mol. The zero-order valence-electron chi connectivity index (χ0n) is 12.0. The van der Waals surface area contributed by atoms with Gasteiger partial charge in [-0.05, 0) is 37.1 Å². The Hall–Kier alpha value is -3.09. The summed E-state index contributed by atoms with van der Waals surface area (Å²) < 4.78 is 0. The summed E-state index contributed by atoms with van der Waals surface area (Å²) in [7, 11) is 0. The molecule has 2 heterocycles. The molecule has 23 heavy (non-hydrogen) atoms. The van der Waals surface area contributed by atoms with Crippen molar-refractivity contribution in [2.45, 2.75) is 18.9 Å². The first-order valence-electron chi connectivity index (χ1n) is 7.26. The van der Waals surface area contributed by atoms with Crippen molar-refractivity contribution in [1.82, 2.24) is 15.3 Å². The Morgan fingerprint density at radius 3 is 2.09 bits per heavy atom. The topological polar surface area (TPSA) is 92.3 Å². The number of aromatic nitrogens is 2. The number of hydrogen-bond donors (Lipinski definition) is 1. The summed E-state index contributed by atoms with van der Waals surface area (Å²) in [5.74, 6) is -1.16. The van der Waals surface area contributed by atoms with Crippen molar-refractivity contribution in [3.63, 3.8) is 0 Å². The Bertz CT molecular complexity index is 792. The van der Waals surface area contributed by atoms with Crippen LogP contribution < -0.4 is 10.2 Å². The maximum absolute atomic E-state index is 12.3. The first-order chi connectivity index (χ1) is 11.1. The van der Waals surface area contributed by atoms with E-state index in [2.05, 4.69) is 15.3 Å². The summed E-state index contributed by atoms with van der Waals surface area (Å²) in [6.45, 7) is 0. The fraction of sp³-hybridized carbons (Fsp3) is 0.188. The molecule has 3 amide bonds. The number of anilines is 1. The molecule has 2 aromatic rings. The average Bonchev–Trinajstić information content (AvgIpc) is 3.35. The lowest BCUT2D eigenvalue weighted by Gasteiger charge is -2.13. The van der Waals surface area contributed by atoms with Crippen molar-refractivity contribution in [3.05, 3.63) is 53.6 Å². The fourth-order valence-electron chi connectivity index (χ4n) is 2.45. The first-order valence-corrected chi connectivity index (χ1v) is 7.26. The molecule has 1 fully saturated rings. The van der Waals surface area contributed by atoms with E-state index in [9.17, 15) is 14.4 Å². The van der Waals surface area contributed by atoms with E-state index in [1.165, 1.54) is 12.4 Å². The maximum Gasteiger partial charge on any atom is 0.286 e. The van der Waals surface area contributed by atoms with E-state index in [-0.39, 0.29) is 23.3 Å². The van der Waals surface area contributed by atoms with E-state index in [4.69, 9.17) is 0 Å². The van der Waals surface area contributed by atoms with Gasteiger partial charge < -0.3 is 5.32 Å². The lowest BCUT2D eigenvalue weighted by Crippen LogP contribution is -2.30. The van der Waals surface area contributed by atoms with Crippen LogP contribution in [0.4, 0.5) is 5.69 Å². The van der Waals surface area contributed by atoms with Crippen LogP contribution in [0.2, 0.25) is 0 Å². The molecule has 1 N–H and O–H groups in total. The zero-order chi connectivity index (χ0) is 16.0. The van der Waals surface area contributed by atoms with E-state index in [0.29, 0.717) is 11.3 Å². The number of carbonyl (C=O) groups excluding carboxylic acids is 3. The highest BCUT2D eigenvalue weighted by Crippen LogP contribution is 2.26. The summed E-state index contributed by atoms with van der Waals surface area (Å²) in [4.78, 5) is 45.4. The van der Waals surface area contributed by atoms with Crippen molar-refractivity contribution in [1.29, 1.82) is 0 Å². The highest BCUT2D eigenvalue weighted by atomic mass is 16.2. The number of fused-ring (bicyclic) bond motifs is 1. The van der Waals surface area contributed by atoms with Gasteiger partial charge in [0.15, 0.2) is 11.4 Å². The number of carbonyl (C=O) groups is 3. The number of nitrogens with one attached hydrogen (secondary N) is 1. The second-order valence-electron chi connectivity index (χ2n) is 5.49. The van der Waals surface area contributed by atoms with Gasteiger partial charge in [-0.25, -0.2) is 14.9 Å². The fourth-order valence-corrected chi connectivity index (χ4v) is 2.45. The third-order valence-corrected chi connectivity index (χ3v) is 3.81. The molecule has 7 heteroatoms. The van der Waals surface area contributed by atoms with Crippen LogP contribution in [0.15, 0.2) is 36.7 Å². The summed E-state index contributed by atoms with van der Waals surface area (Å²) in [5, 5.41) is 2.88. The van der Waals surface area contributed by atoms with Gasteiger partial charge in [0, 0.05) is 24.0 Å². The molecule has 1 aliphatic carbocycles. The Morgan fingerprint density at radius 2 is 1.57 bits per heavy atom. The molecule has 0 spiro atoms. The normalized spacial score (nSPS) is 16.4. The largest absolute Gasteiger partial charge is 0.349 e. The molecule has 7 nitrogen and oxygen atoms in total. The van der Waals surface area contributed by atoms with Gasteiger partial charge in [0.25, 0.3) is 17.7 Å².